The van der Waals surface area contributed by atoms with Gasteiger partial charge in [-0.05, 0) is 25.1 Å². The number of hydrogen-bond donors (Lipinski definition) is 2. The number of allylic oxidation sites excluding steroid dienone is 1. The van der Waals surface area contributed by atoms with Crippen LogP contribution in [0.1, 0.15) is 17.3 Å². The number of amidine groups is 1. The fraction of sp³-hybridized carbons (Fsp3) is 0.188. The van der Waals surface area contributed by atoms with Crippen LogP contribution in [0.3, 0.4) is 0 Å². The summed E-state index contributed by atoms with van der Waals surface area (Å²) in [6, 6.07) is 8.06. The van der Waals surface area contributed by atoms with Crippen molar-refractivity contribution in [2.24, 2.45) is 0 Å². The van der Waals surface area contributed by atoms with Gasteiger partial charge >= 0.3 is 12.9 Å². The Balaban J connectivity index is 2.42. The number of hydrogen-bond acceptors (Lipinski definition) is 4. The molecule has 132 valence electrons. The average molecular weight is 349 g/mol. The van der Waals surface area contributed by atoms with Crippen LogP contribution in [0.5, 0.6) is 0 Å². The van der Waals surface area contributed by atoms with Crippen LogP contribution in [0, 0.1) is 0 Å². The Morgan fingerprint density at radius 3 is 2.44 bits per heavy atom. The molecule has 2 N–H and O–H groups in total. The molecular weight excluding hydrogens is 331 g/mol. The van der Waals surface area contributed by atoms with E-state index in [0.29, 0.717) is 0 Å². The minimum atomic E-state index is -4.47. The summed E-state index contributed by atoms with van der Waals surface area (Å²) in [5.41, 5.74) is 0.113. The summed E-state index contributed by atoms with van der Waals surface area (Å²) in [4.78, 5) is 27.6. The van der Waals surface area contributed by atoms with Gasteiger partial charge in [0.1, 0.15) is 5.57 Å². The van der Waals surface area contributed by atoms with Crippen molar-refractivity contribution in [2.45, 2.75) is 6.92 Å². The van der Waals surface area contributed by atoms with Crippen LogP contribution >= 0.6 is 0 Å². The van der Waals surface area contributed by atoms with E-state index in [2.05, 4.69) is 9.97 Å². The Labute approximate surface area is 143 Å². The molecule has 6 nitrogen and oxygen atoms in total. The molecule has 1 aliphatic heterocycles. The Bertz CT molecular complexity index is 774. The largest absolute Gasteiger partial charge is 0.727 e. The van der Waals surface area contributed by atoms with Crippen LogP contribution in [0.25, 0.3) is 0 Å². The Morgan fingerprint density at radius 2 is 1.88 bits per heavy atom. The standard InChI is InChI=1S/C16H18BF2N3O3/c1-11(23)14-13(9-10-22(2)3)25-17(18,19)21-15(14)20-16(24)12-7-5-4-6-8-12/h4-10,21H,1-3H3,(H,20,24). The summed E-state index contributed by atoms with van der Waals surface area (Å²) in [5.74, 6) is -1.84. The van der Waals surface area contributed by atoms with Gasteiger partial charge in [-0.15, -0.1) is 0 Å². The number of halogens is 2. The number of carbonyl (C=O) groups is 2. The highest BCUT2D eigenvalue weighted by molar-refractivity contribution is 6.51. The maximum atomic E-state index is 13.9. The number of benzene rings is 1. The minimum absolute atomic E-state index is 0.157. The molecule has 1 aromatic rings. The first kappa shape index (κ1) is 18.4. The Hall–Kier alpha value is -2.97. The third-order valence-electron chi connectivity index (χ3n) is 3.23. The van der Waals surface area contributed by atoms with Crippen molar-refractivity contribution in [3.8, 4) is 0 Å². The average Bonchev–Trinajstić information content (AvgIpc) is 2.52. The van der Waals surface area contributed by atoms with E-state index >= 15 is 0 Å². The predicted octanol–water partition coefficient (Wildman–Crippen LogP) is 0.219. The first-order valence-electron chi connectivity index (χ1n) is 7.51. The highest BCUT2D eigenvalue weighted by Gasteiger charge is 2.42. The van der Waals surface area contributed by atoms with Gasteiger partial charge in [0.05, 0.1) is 11.3 Å². The van der Waals surface area contributed by atoms with Crippen molar-refractivity contribution in [1.82, 2.24) is 10.2 Å². The number of amides is 1. The number of carbonyl (C=O) groups excluding carboxylic acids is 2. The molecule has 1 heterocycles. The molecular formula is C16H18BF2N3O3. The summed E-state index contributed by atoms with van der Waals surface area (Å²) in [6.07, 6.45) is 2.72. The van der Waals surface area contributed by atoms with Gasteiger partial charge in [-0.2, -0.15) is 0 Å². The van der Waals surface area contributed by atoms with E-state index in [1.165, 1.54) is 31.3 Å². The summed E-state index contributed by atoms with van der Waals surface area (Å²) in [5, 5.41) is 2.34. The summed E-state index contributed by atoms with van der Waals surface area (Å²) in [7, 11) is -1.09. The maximum Gasteiger partial charge on any atom is 0.727 e. The van der Waals surface area contributed by atoms with Gasteiger partial charge in [-0.1, -0.05) is 18.2 Å². The second kappa shape index (κ2) is 7.29. The fourth-order valence-electron chi connectivity index (χ4n) is 2.17. The number of ketones is 1. The first-order valence-corrected chi connectivity index (χ1v) is 7.51. The van der Waals surface area contributed by atoms with E-state index in [9.17, 15) is 18.2 Å². The van der Waals surface area contributed by atoms with Crippen molar-refractivity contribution in [3.63, 3.8) is 0 Å². The second-order valence-corrected chi connectivity index (χ2v) is 5.63. The molecule has 1 amide bonds. The predicted molar refractivity (Wildman–Crippen MR) is 89.5 cm³/mol. The highest BCUT2D eigenvalue weighted by Crippen LogP contribution is 2.18. The second-order valence-electron chi connectivity index (χ2n) is 5.63. The van der Waals surface area contributed by atoms with Gasteiger partial charge in [0.25, 0.3) is 5.84 Å². The molecule has 1 aliphatic rings. The number of rotatable bonds is 4. The smallest absolute Gasteiger partial charge is 0.623 e. The van der Waals surface area contributed by atoms with Crippen LogP contribution in [0.15, 0.2) is 53.9 Å². The van der Waals surface area contributed by atoms with Crippen molar-refractivity contribution in [2.75, 3.05) is 14.1 Å². The molecule has 0 bridgehead atoms. The molecule has 0 aromatic heterocycles. The molecule has 0 fully saturated rings. The molecule has 0 atom stereocenters. The zero-order chi connectivity index (χ0) is 18.6. The molecule has 0 unspecified atom stereocenters. The number of Topliss-reactive ketones (excluding diaryl/α,β-unsaturated/α-hetero) is 1. The SMILES string of the molecule is CC(=O)C1=C(C=CN(C)C)O[B-](F)(F)[NH+]=C1NC(=O)c1ccccc1. The topological polar surface area (TPSA) is 72.6 Å². The molecule has 0 aliphatic carbocycles. The zero-order valence-electron chi connectivity index (χ0n) is 14.0. The third kappa shape index (κ3) is 4.76. The van der Waals surface area contributed by atoms with Crippen molar-refractivity contribution < 1.29 is 27.8 Å². The zero-order valence-corrected chi connectivity index (χ0v) is 14.0. The summed E-state index contributed by atoms with van der Waals surface area (Å²) in [6.45, 7) is 1.20. The van der Waals surface area contributed by atoms with Gasteiger partial charge in [0.15, 0.2) is 5.78 Å². The normalized spacial score (nSPS) is 16.3. The van der Waals surface area contributed by atoms with E-state index in [1.54, 1.807) is 37.2 Å². The van der Waals surface area contributed by atoms with Gasteiger partial charge in [-0.25, -0.2) is 10.1 Å². The monoisotopic (exact) mass is 349 g/mol. The van der Waals surface area contributed by atoms with Crippen LogP contribution in [-0.4, -0.2) is 43.6 Å². The molecule has 2 rings (SSSR count). The molecule has 1 aromatic carbocycles. The van der Waals surface area contributed by atoms with Gasteiger partial charge in [0.2, 0.25) is 0 Å². The quantitative estimate of drug-likeness (QED) is 0.763. The van der Waals surface area contributed by atoms with Crippen LogP contribution in [0.4, 0.5) is 8.63 Å². The molecule has 0 spiro atoms. The molecule has 0 saturated carbocycles. The summed E-state index contributed by atoms with van der Waals surface area (Å²) < 4.78 is 32.4. The Morgan fingerprint density at radius 1 is 1.24 bits per heavy atom. The van der Waals surface area contributed by atoms with Gasteiger partial charge < -0.3 is 23.1 Å². The van der Waals surface area contributed by atoms with Gasteiger partial charge in [-0.3, -0.25) is 4.79 Å². The number of nitrogens with zero attached hydrogens (tertiary/aromatic N) is 1. The lowest BCUT2D eigenvalue weighted by atomic mass is 9.99. The lowest BCUT2D eigenvalue weighted by Crippen LogP contribution is -2.92. The highest BCUT2D eigenvalue weighted by atomic mass is 19.3. The Kier molecular flexibility index (Phi) is 5.36. The van der Waals surface area contributed by atoms with E-state index in [4.69, 9.17) is 0 Å². The third-order valence-corrected chi connectivity index (χ3v) is 3.23. The molecule has 0 saturated heterocycles. The van der Waals surface area contributed by atoms with Crippen LogP contribution < -0.4 is 10.2 Å². The lowest BCUT2D eigenvalue weighted by molar-refractivity contribution is -0.366. The fourth-order valence-corrected chi connectivity index (χ4v) is 2.17. The first-order chi connectivity index (χ1) is 11.7. The maximum absolute atomic E-state index is 13.9. The number of nitrogens with one attached hydrogen (secondary N) is 2. The molecule has 25 heavy (non-hydrogen) atoms. The molecule has 9 heteroatoms. The van der Waals surface area contributed by atoms with E-state index in [-0.39, 0.29) is 22.7 Å². The van der Waals surface area contributed by atoms with Crippen molar-refractivity contribution in [1.29, 1.82) is 0 Å². The van der Waals surface area contributed by atoms with Gasteiger partial charge in [0, 0.05) is 20.3 Å². The van der Waals surface area contributed by atoms with Crippen LogP contribution in [-0.2, 0) is 9.45 Å². The van der Waals surface area contributed by atoms with Crippen molar-refractivity contribution in [3.05, 3.63) is 59.5 Å². The van der Waals surface area contributed by atoms with Crippen LogP contribution in [0.2, 0.25) is 0 Å². The van der Waals surface area contributed by atoms with E-state index < -0.39 is 18.7 Å². The minimum Gasteiger partial charge on any atom is -0.623 e. The van der Waals surface area contributed by atoms with Crippen molar-refractivity contribution >= 4 is 24.6 Å². The van der Waals surface area contributed by atoms with E-state index in [1.807, 2.05) is 4.90 Å². The lowest BCUT2D eigenvalue weighted by Gasteiger charge is -2.27. The van der Waals surface area contributed by atoms with E-state index in [0.717, 1.165) is 0 Å². The molecule has 0 radical (unpaired) electrons. The summed E-state index contributed by atoms with van der Waals surface area (Å²) >= 11 is 0.